The van der Waals surface area contributed by atoms with E-state index >= 15 is 0 Å². The second kappa shape index (κ2) is 3.73. The molecule has 1 aliphatic rings. The van der Waals surface area contributed by atoms with Crippen LogP contribution in [-0.2, 0) is 0 Å². The van der Waals surface area contributed by atoms with Gasteiger partial charge < -0.3 is 20.8 Å². The average molecular weight is 174 g/mol. The molecule has 1 heterocycles. The van der Waals surface area contributed by atoms with E-state index in [0.29, 0.717) is 12.8 Å². The third kappa shape index (κ3) is 2.67. The first-order valence-corrected chi connectivity index (χ1v) is 4.02. The fourth-order valence-electron chi connectivity index (χ4n) is 1.31. The van der Waals surface area contributed by atoms with Gasteiger partial charge in [-0.15, -0.1) is 0 Å². The summed E-state index contributed by atoms with van der Waals surface area (Å²) >= 11 is 0. The van der Waals surface area contributed by atoms with E-state index in [4.69, 9.17) is 5.11 Å². The molecule has 4 N–H and O–H groups in total. The van der Waals surface area contributed by atoms with E-state index < -0.39 is 11.7 Å². The quantitative estimate of drug-likeness (QED) is 0.449. The Kier molecular flexibility index (Phi) is 2.88. The number of amides is 1. The summed E-state index contributed by atoms with van der Waals surface area (Å²) in [4.78, 5) is 10.1. The van der Waals surface area contributed by atoms with E-state index in [1.165, 1.54) is 0 Å². The Balaban J connectivity index is 2.31. The molecule has 0 radical (unpaired) electrons. The minimum atomic E-state index is -1.08. The van der Waals surface area contributed by atoms with Crippen molar-refractivity contribution in [3.05, 3.63) is 0 Å². The maximum absolute atomic E-state index is 10.1. The van der Waals surface area contributed by atoms with Crippen molar-refractivity contribution in [3.8, 4) is 0 Å². The Labute approximate surface area is 70.8 Å². The minimum absolute atomic E-state index is 0.129. The van der Waals surface area contributed by atoms with E-state index in [-0.39, 0.29) is 6.54 Å². The molecule has 0 spiro atoms. The molecule has 1 saturated heterocycles. The van der Waals surface area contributed by atoms with Crippen LogP contribution in [-0.4, -0.2) is 41.5 Å². The molecule has 0 atom stereocenters. The predicted octanol–water partition coefficient (Wildman–Crippen LogP) is -0.632. The van der Waals surface area contributed by atoms with Crippen molar-refractivity contribution >= 4 is 6.09 Å². The van der Waals surface area contributed by atoms with E-state index in [2.05, 4.69) is 10.6 Å². The third-order valence-electron chi connectivity index (χ3n) is 2.10. The van der Waals surface area contributed by atoms with Crippen LogP contribution in [0.5, 0.6) is 0 Å². The summed E-state index contributed by atoms with van der Waals surface area (Å²) in [5.41, 5.74) is -0.844. The van der Waals surface area contributed by atoms with Gasteiger partial charge in [0.15, 0.2) is 0 Å². The SMILES string of the molecule is O=C(O)NCC1(O)CCNCC1. The smallest absolute Gasteiger partial charge is 0.404 e. The Morgan fingerprint density at radius 2 is 2.08 bits per heavy atom. The molecule has 5 nitrogen and oxygen atoms in total. The van der Waals surface area contributed by atoms with Gasteiger partial charge in [-0.2, -0.15) is 0 Å². The van der Waals surface area contributed by atoms with Gasteiger partial charge in [0.25, 0.3) is 0 Å². The standard InChI is InChI=1S/C7H14N2O3/c10-6(11)9-5-7(12)1-3-8-4-2-7/h8-9,12H,1-5H2,(H,10,11). The van der Waals surface area contributed by atoms with Crippen LogP contribution in [0.2, 0.25) is 0 Å². The molecule has 0 aromatic carbocycles. The van der Waals surface area contributed by atoms with E-state index in [1.54, 1.807) is 0 Å². The second-order valence-electron chi connectivity index (χ2n) is 3.13. The van der Waals surface area contributed by atoms with E-state index in [1.807, 2.05) is 0 Å². The summed E-state index contributed by atoms with van der Waals surface area (Å²) in [6, 6.07) is 0. The fraction of sp³-hybridized carbons (Fsp3) is 0.857. The number of rotatable bonds is 2. The summed E-state index contributed by atoms with van der Waals surface area (Å²) in [6.07, 6.45) is 0.127. The zero-order valence-corrected chi connectivity index (χ0v) is 6.84. The Hall–Kier alpha value is -0.810. The summed E-state index contributed by atoms with van der Waals surface area (Å²) in [5, 5.41) is 23.4. The number of nitrogens with one attached hydrogen (secondary N) is 2. The molecule has 0 aromatic heterocycles. The van der Waals surface area contributed by atoms with E-state index in [0.717, 1.165) is 13.1 Å². The Bertz CT molecular complexity index is 166. The molecule has 0 unspecified atom stereocenters. The highest BCUT2D eigenvalue weighted by molar-refractivity contribution is 5.64. The van der Waals surface area contributed by atoms with Crippen molar-refractivity contribution in [3.63, 3.8) is 0 Å². The molecule has 0 bridgehead atoms. The number of piperidine rings is 1. The first-order chi connectivity index (χ1) is 5.62. The van der Waals surface area contributed by atoms with Crippen LogP contribution in [0, 0.1) is 0 Å². The van der Waals surface area contributed by atoms with E-state index in [9.17, 15) is 9.90 Å². The molecule has 1 fully saturated rings. The lowest BCUT2D eigenvalue weighted by Crippen LogP contribution is -2.49. The molecule has 0 saturated carbocycles. The Morgan fingerprint density at radius 1 is 1.50 bits per heavy atom. The van der Waals surface area contributed by atoms with Gasteiger partial charge in [-0.25, -0.2) is 4.79 Å². The zero-order valence-electron chi connectivity index (χ0n) is 6.84. The van der Waals surface area contributed by atoms with Crippen molar-refractivity contribution in [2.24, 2.45) is 0 Å². The van der Waals surface area contributed by atoms with Crippen molar-refractivity contribution in [1.82, 2.24) is 10.6 Å². The summed E-state index contributed by atoms with van der Waals surface area (Å²) in [5.74, 6) is 0. The van der Waals surface area contributed by atoms with Crippen LogP contribution in [0.25, 0.3) is 0 Å². The van der Waals surface area contributed by atoms with Crippen LogP contribution in [0.4, 0.5) is 4.79 Å². The normalized spacial score (nSPS) is 21.8. The average Bonchev–Trinajstić information content (AvgIpc) is 2.03. The lowest BCUT2D eigenvalue weighted by molar-refractivity contribution is 0.0118. The third-order valence-corrected chi connectivity index (χ3v) is 2.10. The molecule has 0 aromatic rings. The first-order valence-electron chi connectivity index (χ1n) is 4.02. The molecule has 5 heteroatoms. The maximum Gasteiger partial charge on any atom is 0.404 e. The van der Waals surface area contributed by atoms with Gasteiger partial charge in [0.2, 0.25) is 0 Å². The largest absolute Gasteiger partial charge is 0.465 e. The monoisotopic (exact) mass is 174 g/mol. The summed E-state index contributed by atoms with van der Waals surface area (Å²) in [6.45, 7) is 1.62. The second-order valence-corrected chi connectivity index (χ2v) is 3.13. The number of carbonyl (C=O) groups is 1. The van der Waals surface area contributed by atoms with Gasteiger partial charge in [0.1, 0.15) is 0 Å². The number of carboxylic acid groups (broad SMARTS) is 1. The van der Waals surface area contributed by atoms with Crippen LogP contribution in [0.15, 0.2) is 0 Å². The number of aliphatic hydroxyl groups is 1. The molecule has 1 aliphatic heterocycles. The van der Waals surface area contributed by atoms with Gasteiger partial charge in [0, 0.05) is 6.54 Å². The van der Waals surface area contributed by atoms with Crippen molar-refractivity contribution in [1.29, 1.82) is 0 Å². The van der Waals surface area contributed by atoms with Crippen LogP contribution in [0.3, 0.4) is 0 Å². The molecule has 0 aliphatic carbocycles. The van der Waals surface area contributed by atoms with Crippen LogP contribution >= 0.6 is 0 Å². The van der Waals surface area contributed by atoms with Crippen LogP contribution in [0.1, 0.15) is 12.8 Å². The van der Waals surface area contributed by atoms with Gasteiger partial charge in [-0.05, 0) is 25.9 Å². The molecule has 1 rings (SSSR count). The summed E-state index contributed by atoms with van der Waals surface area (Å²) in [7, 11) is 0. The lowest BCUT2D eigenvalue weighted by Gasteiger charge is -2.32. The maximum atomic E-state index is 10.1. The highest BCUT2D eigenvalue weighted by Crippen LogP contribution is 2.16. The van der Waals surface area contributed by atoms with Crippen molar-refractivity contribution < 1.29 is 15.0 Å². The summed E-state index contributed by atoms with van der Waals surface area (Å²) < 4.78 is 0. The zero-order chi connectivity index (χ0) is 9.03. The Morgan fingerprint density at radius 3 is 2.58 bits per heavy atom. The van der Waals surface area contributed by atoms with Gasteiger partial charge in [-0.3, -0.25) is 0 Å². The lowest BCUT2D eigenvalue weighted by atomic mass is 9.92. The first kappa shape index (κ1) is 9.28. The predicted molar refractivity (Wildman–Crippen MR) is 43.1 cm³/mol. The highest BCUT2D eigenvalue weighted by Gasteiger charge is 2.29. The minimum Gasteiger partial charge on any atom is -0.465 e. The van der Waals surface area contributed by atoms with Gasteiger partial charge in [-0.1, -0.05) is 0 Å². The van der Waals surface area contributed by atoms with Gasteiger partial charge in [0.05, 0.1) is 5.60 Å². The highest BCUT2D eigenvalue weighted by atomic mass is 16.4. The van der Waals surface area contributed by atoms with Crippen molar-refractivity contribution in [2.75, 3.05) is 19.6 Å². The number of hydrogen-bond acceptors (Lipinski definition) is 3. The van der Waals surface area contributed by atoms with Crippen LogP contribution < -0.4 is 10.6 Å². The number of hydrogen-bond donors (Lipinski definition) is 4. The molecule has 1 amide bonds. The van der Waals surface area contributed by atoms with Crippen molar-refractivity contribution in [2.45, 2.75) is 18.4 Å². The molecular weight excluding hydrogens is 160 g/mol. The topological polar surface area (TPSA) is 81.6 Å². The molecular formula is C7H14N2O3. The molecule has 12 heavy (non-hydrogen) atoms. The van der Waals surface area contributed by atoms with Gasteiger partial charge >= 0.3 is 6.09 Å². The molecule has 70 valence electrons. The fourth-order valence-corrected chi connectivity index (χ4v) is 1.31.